The molecule has 1 aromatic carbocycles. The average molecular weight is 281 g/mol. The fourth-order valence-electron chi connectivity index (χ4n) is 1.53. The zero-order valence-electron chi connectivity index (χ0n) is 11.3. The molecular formula is C14H19NO5. The summed E-state index contributed by atoms with van der Waals surface area (Å²) in [6.07, 6.45) is -0.611. The summed E-state index contributed by atoms with van der Waals surface area (Å²) in [5.41, 5.74) is 1.12. The highest BCUT2D eigenvalue weighted by molar-refractivity contribution is 5.77. The summed E-state index contributed by atoms with van der Waals surface area (Å²) in [6, 6.07) is 7.46. The molecule has 0 heterocycles. The van der Waals surface area contributed by atoms with E-state index in [4.69, 9.17) is 14.9 Å². The van der Waals surface area contributed by atoms with Crippen LogP contribution in [0.4, 0.5) is 0 Å². The van der Waals surface area contributed by atoms with Gasteiger partial charge in [0.15, 0.2) is 12.7 Å². The number of amides is 1. The lowest BCUT2D eigenvalue weighted by Crippen LogP contribution is -2.33. The van der Waals surface area contributed by atoms with Crippen molar-refractivity contribution in [2.24, 2.45) is 0 Å². The lowest BCUT2D eigenvalue weighted by atomic mass is 10.2. The Kier molecular flexibility index (Phi) is 6.52. The molecule has 110 valence electrons. The lowest BCUT2D eigenvalue weighted by molar-refractivity contribution is -0.147. The van der Waals surface area contributed by atoms with Crippen LogP contribution in [0.5, 0.6) is 5.75 Å². The van der Waals surface area contributed by atoms with Crippen molar-refractivity contribution in [3.8, 4) is 5.75 Å². The molecule has 6 heteroatoms. The molecule has 0 saturated carbocycles. The van der Waals surface area contributed by atoms with Crippen molar-refractivity contribution >= 4 is 11.9 Å². The van der Waals surface area contributed by atoms with E-state index in [0.29, 0.717) is 5.75 Å². The summed E-state index contributed by atoms with van der Waals surface area (Å²) < 4.78 is 5.32. The quantitative estimate of drug-likeness (QED) is 0.648. The Morgan fingerprint density at radius 2 is 2.15 bits per heavy atom. The summed E-state index contributed by atoms with van der Waals surface area (Å²) in [5, 5.41) is 20.0. The highest BCUT2D eigenvalue weighted by atomic mass is 16.5. The molecule has 1 amide bonds. The molecule has 0 saturated heterocycles. The van der Waals surface area contributed by atoms with Crippen molar-refractivity contribution in [2.45, 2.75) is 25.9 Å². The molecule has 1 aromatic rings. The van der Waals surface area contributed by atoms with E-state index < -0.39 is 12.1 Å². The predicted octanol–water partition coefficient (Wildman–Crippen LogP) is 0.580. The van der Waals surface area contributed by atoms with Crippen molar-refractivity contribution in [1.82, 2.24) is 5.32 Å². The van der Waals surface area contributed by atoms with Gasteiger partial charge in [0, 0.05) is 13.0 Å². The second kappa shape index (κ2) is 8.16. The van der Waals surface area contributed by atoms with Gasteiger partial charge in [-0.15, -0.1) is 0 Å². The van der Waals surface area contributed by atoms with Crippen LogP contribution in [0.15, 0.2) is 24.3 Å². The molecule has 1 atom stereocenters. The van der Waals surface area contributed by atoms with Gasteiger partial charge in [-0.2, -0.15) is 0 Å². The van der Waals surface area contributed by atoms with Crippen LogP contribution in [-0.2, 0) is 16.0 Å². The molecule has 0 aliphatic rings. The molecule has 0 aliphatic heterocycles. The largest absolute Gasteiger partial charge is 0.484 e. The molecule has 0 aromatic heterocycles. The second-order valence-corrected chi connectivity index (χ2v) is 4.28. The minimum Gasteiger partial charge on any atom is -0.484 e. The molecule has 0 spiro atoms. The number of carboxylic acids is 1. The van der Waals surface area contributed by atoms with E-state index in [1.807, 2.05) is 25.1 Å². The molecule has 3 N–H and O–H groups in total. The molecule has 1 rings (SSSR count). The first-order valence-electron chi connectivity index (χ1n) is 6.42. The van der Waals surface area contributed by atoms with E-state index in [1.54, 1.807) is 6.07 Å². The van der Waals surface area contributed by atoms with Crippen molar-refractivity contribution in [1.29, 1.82) is 0 Å². The Labute approximate surface area is 117 Å². The van der Waals surface area contributed by atoms with E-state index in [0.717, 1.165) is 12.0 Å². The van der Waals surface area contributed by atoms with Crippen LogP contribution in [0.25, 0.3) is 0 Å². The number of carbonyl (C=O) groups is 2. The number of aryl methyl sites for hydroxylation is 1. The third kappa shape index (κ3) is 5.71. The number of nitrogens with one attached hydrogen (secondary N) is 1. The third-order valence-corrected chi connectivity index (χ3v) is 2.70. The van der Waals surface area contributed by atoms with E-state index >= 15 is 0 Å². The first kappa shape index (κ1) is 16.0. The fourth-order valence-corrected chi connectivity index (χ4v) is 1.53. The number of aliphatic hydroxyl groups excluding tert-OH is 1. The zero-order valence-corrected chi connectivity index (χ0v) is 11.3. The van der Waals surface area contributed by atoms with Gasteiger partial charge >= 0.3 is 5.97 Å². The van der Waals surface area contributed by atoms with Crippen LogP contribution in [0.3, 0.4) is 0 Å². The minimum absolute atomic E-state index is 0.0353. The highest BCUT2D eigenvalue weighted by Gasteiger charge is 2.12. The average Bonchev–Trinajstić information content (AvgIpc) is 2.45. The van der Waals surface area contributed by atoms with E-state index in [1.165, 1.54) is 0 Å². The Bertz CT molecular complexity index is 461. The van der Waals surface area contributed by atoms with Crippen LogP contribution in [0.2, 0.25) is 0 Å². The summed E-state index contributed by atoms with van der Waals surface area (Å²) in [7, 11) is 0. The maximum Gasteiger partial charge on any atom is 0.332 e. The second-order valence-electron chi connectivity index (χ2n) is 4.28. The summed E-state index contributed by atoms with van der Waals surface area (Å²) in [6.45, 7) is 1.97. The van der Waals surface area contributed by atoms with Crippen molar-refractivity contribution in [3.05, 3.63) is 29.8 Å². The van der Waals surface area contributed by atoms with Crippen LogP contribution < -0.4 is 10.1 Å². The molecule has 0 bridgehead atoms. The Hall–Kier alpha value is -2.08. The van der Waals surface area contributed by atoms with Gasteiger partial charge in [-0.3, -0.25) is 4.79 Å². The highest BCUT2D eigenvalue weighted by Crippen LogP contribution is 2.13. The van der Waals surface area contributed by atoms with Gasteiger partial charge in [-0.1, -0.05) is 19.1 Å². The number of hydrogen-bond acceptors (Lipinski definition) is 4. The van der Waals surface area contributed by atoms with Crippen LogP contribution in [-0.4, -0.2) is 41.3 Å². The molecule has 6 nitrogen and oxygen atoms in total. The smallest absolute Gasteiger partial charge is 0.332 e. The van der Waals surface area contributed by atoms with Crippen LogP contribution >= 0.6 is 0 Å². The number of rotatable bonds is 8. The van der Waals surface area contributed by atoms with Crippen LogP contribution in [0.1, 0.15) is 18.9 Å². The molecular weight excluding hydrogens is 262 g/mol. The van der Waals surface area contributed by atoms with Gasteiger partial charge in [0.1, 0.15) is 5.75 Å². The number of ether oxygens (including phenoxy) is 1. The van der Waals surface area contributed by atoms with Gasteiger partial charge in [-0.05, 0) is 24.1 Å². The number of carboxylic acid groups (broad SMARTS) is 1. The SMILES string of the molecule is CCc1cccc(OCC(=O)NCCC(O)C(=O)O)c1. The first-order valence-corrected chi connectivity index (χ1v) is 6.42. The number of carbonyl (C=O) groups excluding carboxylic acids is 1. The molecule has 20 heavy (non-hydrogen) atoms. The molecule has 1 unspecified atom stereocenters. The van der Waals surface area contributed by atoms with E-state index in [2.05, 4.69) is 5.32 Å². The minimum atomic E-state index is -1.46. The Morgan fingerprint density at radius 1 is 1.40 bits per heavy atom. The maximum absolute atomic E-state index is 11.5. The van der Waals surface area contributed by atoms with Gasteiger partial charge < -0.3 is 20.3 Å². The number of benzene rings is 1. The lowest BCUT2D eigenvalue weighted by Gasteiger charge is -2.09. The third-order valence-electron chi connectivity index (χ3n) is 2.70. The molecule has 0 fully saturated rings. The van der Waals surface area contributed by atoms with Crippen LogP contribution in [0, 0.1) is 0 Å². The number of aliphatic carboxylic acids is 1. The maximum atomic E-state index is 11.5. The monoisotopic (exact) mass is 281 g/mol. The van der Waals surface area contributed by atoms with Crippen molar-refractivity contribution in [2.75, 3.05) is 13.2 Å². The van der Waals surface area contributed by atoms with Gasteiger partial charge in [0.2, 0.25) is 0 Å². The fraction of sp³-hybridized carbons (Fsp3) is 0.429. The Morgan fingerprint density at radius 3 is 2.80 bits per heavy atom. The van der Waals surface area contributed by atoms with Gasteiger partial charge in [0.05, 0.1) is 0 Å². The van der Waals surface area contributed by atoms with E-state index in [9.17, 15) is 9.59 Å². The van der Waals surface area contributed by atoms with Gasteiger partial charge in [-0.25, -0.2) is 4.79 Å². The molecule has 0 aliphatic carbocycles. The van der Waals surface area contributed by atoms with Crippen molar-refractivity contribution < 1.29 is 24.5 Å². The normalized spacial score (nSPS) is 11.7. The predicted molar refractivity (Wildman–Crippen MR) is 72.6 cm³/mol. The standard InChI is InChI=1S/C14H19NO5/c1-2-10-4-3-5-11(8-10)20-9-13(17)15-7-6-12(16)14(18)19/h3-5,8,12,16H,2,6-7,9H2,1H3,(H,15,17)(H,18,19). The summed E-state index contributed by atoms with van der Waals surface area (Å²) >= 11 is 0. The summed E-state index contributed by atoms with van der Waals surface area (Å²) in [5.74, 6) is -1.04. The Balaban J connectivity index is 2.27. The van der Waals surface area contributed by atoms with Gasteiger partial charge in [0.25, 0.3) is 5.91 Å². The van der Waals surface area contributed by atoms with E-state index in [-0.39, 0.29) is 25.5 Å². The summed E-state index contributed by atoms with van der Waals surface area (Å²) in [4.78, 5) is 21.8. The first-order chi connectivity index (χ1) is 9.52. The zero-order chi connectivity index (χ0) is 15.0. The van der Waals surface area contributed by atoms with Crippen molar-refractivity contribution in [3.63, 3.8) is 0 Å². The molecule has 0 radical (unpaired) electrons. The topological polar surface area (TPSA) is 95.9 Å². The number of aliphatic hydroxyl groups is 1. The number of hydrogen-bond donors (Lipinski definition) is 3.